The lowest BCUT2D eigenvalue weighted by Gasteiger charge is -2.68. The van der Waals surface area contributed by atoms with Crippen molar-refractivity contribution in [2.75, 3.05) is 20.2 Å². The fourth-order valence-electron chi connectivity index (χ4n) is 10.1. The van der Waals surface area contributed by atoms with E-state index in [0.29, 0.717) is 12.3 Å². The second-order valence-electron chi connectivity index (χ2n) is 11.1. The lowest BCUT2D eigenvalue weighted by atomic mass is 9.43. The van der Waals surface area contributed by atoms with Gasteiger partial charge >= 0.3 is 0 Å². The second kappa shape index (κ2) is 5.10. The van der Waals surface area contributed by atoms with Crippen molar-refractivity contribution in [2.45, 2.75) is 75.9 Å². The fourth-order valence-corrected chi connectivity index (χ4v) is 10.1. The highest BCUT2D eigenvalue weighted by Gasteiger charge is 2.82. The highest BCUT2D eigenvalue weighted by atomic mass is 16.5. The topological polar surface area (TPSA) is 73.2 Å². The van der Waals surface area contributed by atoms with Crippen LogP contribution in [0.15, 0.2) is 0 Å². The first-order chi connectivity index (χ1) is 12.8. The van der Waals surface area contributed by atoms with Crippen LogP contribution < -0.4 is 0 Å². The molecule has 12 atom stereocenters. The molecule has 1 aliphatic heterocycles. The van der Waals surface area contributed by atoms with Gasteiger partial charge in [0, 0.05) is 49.3 Å². The van der Waals surface area contributed by atoms with Gasteiger partial charge in [-0.1, -0.05) is 13.8 Å². The number of aliphatic hydroxyl groups is 3. The molecular formula is C22H35NO4. The maximum absolute atomic E-state index is 12.1. The first-order valence-electron chi connectivity index (χ1n) is 11.2. The average Bonchev–Trinajstić information content (AvgIpc) is 3.07. The lowest BCUT2D eigenvalue weighted by molar-refractivity contribution is -0.266. The van der Waals surface area contributed by atoms with Crippen molar-refractivity contribution >= 4 is 0 Å². The number of aliphatic hydroxyl groups excluding tert-OH is 2. The number of nitrogens with zero attached hydrogens (tertiary/aromatic N) is 1. The van der Waals surface area contributed by atoms with Gasteiger partial charge in [0.25, 0.3) is 0 Å². The van der Waals surface area contributed by atoms with Crippen LogP contribution in [-0.2, 0) is 4.74 Å². The number of ether oxygens (including phenoxy) is 1. The molecule has 152 valence electrons. The Hall–Kier alpha value is -0.200. The number of rotatable bonds is 2. The van der Waals surface area contributed by atoms with E-state index < -0.39 is 11.7 Å². The van der Waals surface area contributed by atoms with Crippen LogP contribution in [0.25, 0.3) is 0 Å². The molecule has 0 aromatic heterocycles. The van der Waals surface area contributed by atoms with E-state index >= 15 is 0 Å². The maximum atomic E-state index is 12.1. The normalized spacial score (nSPS) is 66.2. The number of hydrogen-bond donors (Lipinski definition) is 3. The third kappa shape index (κ3) is 1.66. The highest BCUT2D eigenvalue weighted by Crippen LogP contribution is 2.78. The van der Waals surface area contributed by atoms with Gasteiger partial charge < -0.3 is 20.1 Å². The zero-order chi connectivity index (χ0) is 18.9. The summed E-state index contributed by atoms with van der Waals surface area (Å²) in [6.07, 6.45) is 3.66. The molecule has 27 heavy (non-hydrogen) atoms. The molecule has 6 fully saturated rings. The van der Waals surface area contributed by atoms with Crippen molar-refractivity contribution in [1.29, 1.82) is 0 Å². The summed E-state index contributed by atoms with van der Waals surface area (Å²) in [6, 6.07) is 0.253. The molecule has 1 spiro atoms. The van der Waals surface area contributed by atoms with Gasteiger partial charge in [-0.25, -0.2) is 0 Å². The Labute approximate surface area is 162 Å². The van der Waals surface area contributed by atoms with Gasteiger partial charge in [-0.2, -0.15) is 0 Å². The molecule has 3 N–H and O–H groups in total. The molecule has 5 heteroatoms. The van der Waals surface area contributed by atoms with E-state index in [1.807, 2.05) is 0 Å². The van der Waals surface area contributed by atoms with E-state index in [9.17, 15) is 15.3 Å². The molecule has 1 saturated heterocycles. The average molecular weight is 378 g/mol. The molecule has 5 nitrogen and oxygen atoms in total. The van der Waals surface area contributed by atoms with Gasteiger partial charge in [-0.3, -0.25) is 4.90 Å². The number of hydrogen-bond acceptors (Lipinski definition) is 5. The molecule has 0 aromatic rings. The Morgan fingerprint density at radius 3 is 2.67 bits per heavy atom. The molecule has 1 heterocycles. The van der Waals surface area contributed by atoms with Crippen LogP contribution in [0.3, 0.4) is 0 Å². The van der Waals surface area contributed by atoms with Crippen molar-refractivity contribution in [2.24, 2.45) is 40.4 Å². The van der Waals surface area contributed by atoms with Crippen molar-refractivity contribution < 1.29 is 20.1 Å². The van der Waals surface area contributed by atoms with Crippen LogP contribution in [0.2, 0.25) is 0 Å². The van der Waals surface area contributed by atoms with Crippen LogP contribution in [0.1, 0.15) is 46.0 Å². The van der Waals surface area contributed by atoms with Gasteiger partial charge in [0.05, 0.1) is 23.9 Å². The van der Waals surface area contributed by atoms with E-state index in [4.69, 9.17) is 4.74 Å². The van der Waals surface area contributed by atoms with E-state index in [2.05, 4.69) is 18.7 Å². The summed E-state index contributed by atoms with van der Waals surface area (Å²) in [5, 5.41) is 34.9. The quantitative estimate of drug-likeness (QED) is 0.676. The van der Waals surface area contributed by atoms with Gasteiger partial charge in [0.1, 0.15) is 0 Å². The Morgan fingerprint density at radius 2 is 1.96 bits per heavy atom. The summed E-state index contributed by atoms with van der Waals surface area (Å²) in [6.45, 7) is 6.74. The molecule has 0 amide bonds. The molecule has 7 bridgehead atoms. The van der Waals surface area contributed by atoms with Gasteiger partial charge in [0.15, 0.2) is 0 Å². The maximum Gasteiger partial charge on any atom is 0.0771 e. The van der Waals surface area contributed by atoms with Crippen LogP contribution in [0.4, 0.5) is 0 Å². The number of fused-ring (bicyclic) bond motifs is 2. The minimum atomic E-state index is -0.858. The standard InChI is InChI=1S/C22H35NO4/c1-4-23-10-20(2)6-5-16(24)22-12-7-11-14(27-3)9-21(26,17(12)18(11)25)13(19(22)23)8-15(20)22/h11-19,24-26H,4-10H2,1-3H3/t11-,12+,13-,14-,15-,16-,17+,18-,19-,20+,21-,22+/m0/s1. The van der Waals surface area contributed by atoms with E-state index in [1.165, 1.54) is 0 Å². The summed E-state index contributed by atoms with van der Waals surface area (Å²) in [5.74, 6) is 0.840. The number of methoxy groups -OCH3 is 1. The minimum Gasteiger partial charge on any atom is -0.392 e. The third-order valence-corrected chi connectivity index (χ3v) is 10.7. The molecule has 5 saturated carbocycles. The molecule has 0 radical (unpaired) electrons. The number of likely N-dealkylation sites (tertiary alicyclic amines) is 1. The van der Waals surface area contributed by atoms with E-state index in [1.54, 1.807) is 7.11 Å². The molecule has 6 rings (SSSR count). The van der Waals surface area contributed by atoms with Crippen LogP contribution in [-0.4, -0.2) is 70.4 Å². The predicted octanol–water partition coefficient (Wildman–Crippen LogP) is 1.25. The minimum absolute atomic E-state index is 0.0657. The lowest BCUT2D eigenvalue weighted by Crippen LogP contribution is -2.75. The van der Waals surface area contributed by atoms with Crippen molar-refractivity contribution in [1.82, 2.24) is 4.90 Å². The van der Waals surface area contributed by atoms with Crippen molar-refractivity contribution in [3.63, 3.8) is 0 Å². The van der Waals surface area contributed by atoms with Crippen molar-refractivity contribution in [3.8, 4) is 0 Å². The van der Waals surface area contributed by atoms with Crippen LogP contribution >= 0.6 is 0 Å². The van der Waals surface area contributed by atoms with Crippen LogP contribution in [0, 0.1) is 40.4 Å². The monoisotopic (exact) mass is 377 g/mol. The van der Waals surface area contributed by atoms with E-state index in [-0.39, 0.29) is 52.8 Å². The highest BCUT2D eigenvalue weighted by molar-refractivity contribution is 5.32. The second-order valence-corrected chi connectivity index (χ2v) is 11.1. The van der Waals surface area contributed by atoms with E-state index in [0.717, 1.165) is 38.8 Å². The summed E-state index contributed by atoms with van der Waals surface area (Å²) < 4.78 is 5.79. The fraction of sp³-hybridized carbons (Fsp3) is 1.00. The summed E-state index contributed by atoms with van der Waals surface area (Å²) in [5.41, 5.74) is -0.788. The Bertz CT molecular complexity index is 673. The van der Waals surface area contributed by atoms with Gasteiger partial charge in [-0.05, 0) is 49.5 Å². The first kappa shape index (κ1) is 17.6. The smallest absolute Gasteiger partial charge is 0.0771 e. The zero-order valence-corrected chi connectivity index (χ0v) is 16.8. The SMILES string of the molecule is CCN1C[C@@]2(C)CC[C@H](O)[C@@]34[C@@H]5C[C@@H]6[C@H](O)[C@@H]5[C@](O)(C[C@@H]6OC)[C@@H](C[C@@H]23)[C@H]14. The molecule has 0 aromatic carbocycles. The third-order valence-electron chi connectivity index (χ3n) is 10.7. The van der Waals surface area contributed by atoms with Gasteiger partial charge in [-0.15, -0.1) is 0 Å². The Balaban J connectivity index is 1.59. The largest absolute Gasteiger partial charge is 0.392 e. The summed E-state index contributed by atoms with van der Waals surface area (Å²) >= 11 is 0. The first-order valence-corrected chi connectivity index (χ1v) is 11.2. The molecule has 6 aliphatic rings. The zero-order valence-electron chi connectivity index (χ0n) is 16.8. The van der Waals surface area contributed by atoms with Gasteiger partial charge in [0.2, 0.25) is 0 Å². The molecule has 5 aliphatic carbocycles. The Kier molecular flexibility index (Phi) is 3.33. The van der Waals surface area contributed by atoms with Crippen molar-refractivity contribution in [3.05, 3.63) is 0 Å². The predicted molar refractivity (Wildman–Crippen MR) is 99.9 cm³/mol. The summed E-state index contributed by atoms with van der Waals surface area (Å²) in [7, 11) is 1.73. The Morgan fingerprint density at radius 1 is 1.19 bits per heavy atom. The molecule has 0 unspecified atom stereocenters. The summed E-state index contributed by atoms with van der Waals surface area (Å²) in [4.78, 5) is 2.60. The molecular weight excluding hydrogens is 342 g/mol. The van der Waals surface area contributed by atoms with Crippen LogP contribution in [0.5, 0.6) is 0 Å². The number of piperidine rings is 1.